The first-order chi connectivity index (χ1) is 12.7. The van der Waals surface area contributed by atoms with Crippen LogP contribution in [0.2, 0.25) is 5.02 Å². The monoisotopic (exact) mass is 386 g/mol. The van der Waals surface area contributed by atoms with E-state index in [0.29, 0.717) is 13.2 Å². The highest BCUT2D eigenvalue weighted by molar-refractivity contribution is 7.78. The fourth-order valence-electron chi connectivity index (χ4n) is 4.04. The molecule has 1 N–H and O–H groups in total. The summed E-state index contributed by atoms with van der Waals surface area (Å²) in [4.78, 5) is 5.00. The Morgan fingerprint density at radius 2 is 1.96 bits per heavy atom. The van der Waals surface area contributed by atoms with Crippen LogP contribution >= 0.6 is 24.4 Å². The number of aliphatic imine (C=N–C) groups is 1. The minimum atomic E-state index is 0.0189. The maximum absolute atomic E-state index is 6.11. The van der Waals surface area contributed by atoms with Gasteiger partial charge in [-0.3, -0.25) is 9.71 Å². The molecule has 0 bridgehead atoms. The van der Waals surface area contributed by atoms with Gasteiger partial charge in [-0.1, -0.05) is 49.0 Å². The van der Waals surface area contributed by atoms with Crippen LogP contribution in [0.1, 0.15) is 36.0 Å². The summed E-state index contributed by atoms with van der Waals surface area (Å²) in [7, 11) is 0. The minimum absolute atomic E-state index is 0.0189. The van der Waals surface area contributed by atoms with Gasteiger partial charge in [-0.2, -0.15) is 0 Å². The van der Waals surface area contributed by atoms with E-state index in [-0.39, 0.29) is 5.41 Å². The molecule has 3 nitrogen and oxygen atoms in total. The third-order valence-electron chi connectivity index (χ3n) is 5.53. The molecule has 0 spiro atoms. The van der Waals surface area contributed by atoms with Crippen molar-refractivity contribution in [2.75, 3.05) is 19.7 Å². The summed E-state index contributed by atoms with van der Waals surface area (Å²) < 4.78 is 8.68. The van der Waals surface area contributed by atoms with Gasteiger partial charge in [-0.05, 0) is 54.7 Å². The van der Waals surface area contributed by atoms with Gasteiger partial charge in [0.15, 0.2) is 0 Å². The maximum Gasteiger partial charge on any atom is 0.120 e. The van der Waals surface area contributed by atoms with Gasteiger partial charge in [0.05, 0.1) is 5.71 Å². The van der Waals surface area contributed by atoms with Crippen LogP contribution in [0.5, 0.6) is 5.75 Å². The molecule has 0 aromatic heterocycles. The maximum atomic E-state index is 6.11. The van der Waals surface area contributed by atoms with Gasteiger partial charge in [-0.25, -0.2) is 0 Å². The summed E-state index contributed by atoms with van der Waals surface area (Å²) >= 11 is 10.1. The van der Waals surface area contributed by atoms with Crippen LogP contribution in [0.15, 0.2) is 47.5 Å². The van der Waals surface area contributed by atoms with Crippen LogP contribution in [0.3, 0.4) is 0 Å². The summed E-state index contributed by atoms with van der Waals surface area (Å²) in [5.41, 5.74) is 5.19. The Hall–Kier alpha value is -1.49. The number of fused-ring (bicyclic) bond motifs is 1. The van der Waals surface area contributed by atoms with E-state index in [2.05, 4.69) is 47.9 Å². The molecular formula is C21H23ClN2OS. The van der Waals surface area contributed by atoms with Gasteiger partial charge in [0.2, 0.25) is 0 Å². The lowest BCUT2D eigenvalue weighted by Gasteiger charge is -2.45. The second-order valence-electron chi connectivity index (χ2n) is 7.00. The predicted molar refractivity (Wildman–Crippen MR) is 111 cm³/mol. The molecule has 1 fully saturated rings. The van der Waals surface area contributed by atoms with Crippen LogP contribution in [-0.2, 0) is 11.8 Å². The van der Waals surface area contributed by atoms with Crippen molar-refractivity contribution in [3.05, 3.63) is 64.2 Å². The highest BCUT2D eigenvalue weighted by Gasteiger charge is 2.45. The van der Waals surface area contributed by atoms with Crippen LogP contribution < -0.4 is 9.46 Å². The highest BCUT2D eigenvalue weighted by Crippen LogP contribution is 2.48. The second kappa shape index (κ2) is 7.63. The van der Waals surface area contributed by atoms with E-state index in [9.17, 15) is 0 Å². The molecule has 1 heterocycles. The Kier molecular flexibility index (Phi) is 5.25. The number of hydrogen-bond donors (Lipinski definition) is 2. The van der Waals surface area contributed by atoms with Crippen LogP contribution in [0.25, 0.3) is 0 Å². The van der Waals surface area contributed by atoms with Crippen molar-refractivity contribution < 1.29 is 4.74 Å². The summed E-state index contributed by atoms with van der Waals surface area (Å²) in [6, 6.07) is 14.7. The molecule has 2 aliphatic rings. The zero-order valence-electron chi connectivity index (χ0n) is 14.7. The minimum Gasteiger partial charge on any atom is -0.492 e. The molecule has 0 atom stereocenters. The summed E-state index contributed by atoms with van der Waals surface area (Å²) in [6.45, 7) is 2.16. The molecular weight excluding hydrogens is 364 g/mol. The number of ether oxygens (including phenoxy) is 1. The average molecular weight is 387 g/mol. The summed E-state index contributed by atoms with van der Waals surface area (Å²) in [5, 5.41) is 0.780. The van der Waals surface area contributed by atoms with E-state index in [1.165, 1.54) is 28.8 Å². The van der Waals surface area contributed by atoms with Crippen LogP contribution in [0.4, 0.5) is 0 Å². The van der Waals surface area contributed by atoms with E-state index < -0.39 is 0 Å². The molecule has 0 saturated heterocycles. The normalized spacial score (nSPS) is 17.8. The molecule has 1 saturated carbocycles. The fourth-order valence-corrected chi connectivity index (χ4v) is 4.26. The Morgan fingerprint density at radius 1 is 1.15 bits per heavy atom. The second-order valence-corrected chi connectivity index (χ2v) is 7.75. The first kappa shape index (κ1) is 17.9. The van der Waals surface area contributed by atoms with E-state index in [4.69, 9.17) is 21.3 Å². The smallest absolute Gasteiger partial charge is 0.120 e. The number of thiol groups is 1. The molecule has 2 aromatic rings. The van der Waals surface area contributed by atoms with E-state index in [0.717, 1.165) is 36.6 Å². The first-order valence-corrected chi connectivity index (χ1v) is 9.99. The van der Waals surface area contributed by atoms with Crippen molar-refractivity contribution in [2.24, 2.45) is 4.99 Å². The van der Waals surface area contributed by atoms with E-state index in [1.54, 1.807) is 0 Å². The molecule has 0 amide bonds. The largest absolute Gasteiger partial charge is 0.492 e. The Bertz CT molecular complexity index is 815. The van der Waals surface area contributed by atoms with Crippen molar-refractivity contribution in [3.8, 4) is 5.75 Å². The van der Waals surface area contributed by atoms with Gasteiger partial charge in [0.25, 0.3) is 0 Å². The fraction of sp³-hybridized carbons (Fsp3) is 0.381. The Morgan fingerprint density at radius 3 is 2.65 bits per heavy atom. The van der Waals surface area contributed by atoms with E-state index in [1.807, 2.05) is 12.1 Å². The number of nitrogens with zero attached hydrogens (tertiary/aromatic N) is 1. The predicted octanol–water partition coefficient (Wildman–Crippen LogP) is 4.62. The Balaban J connectivity index is 1.70. The first-order valence-electron chi connectivity index (χ1n) is 9.17. The number of benzene rings is 2. The molecule has 0 unspecified atom stereocenters. The zero-order valence-corrected chi connectivity index (χ0v) is 16.3. The van der Waals surface area contributed by atoms with Crippen molar-refractivity contribution in [1.29, 1.82) is 0 Å². The molecule has 0 radical (unpaired) electrons. The number of nitrogens with one attached hydrogen (secondary N) is 1. The van der Waals surface area contributed by atoms with Gasteiger partial charge in [0, 0.05) is 29.1 Å². The van der Waals surface area contributed by atoms with Gasteiger partial charge in [-0.15, -0.1) is 0 Å². The van der Waals surface area contributed by atoms with Crippen LogP contribution in [-0.4, -0.2) is 25.4 Å². The molecule has 2 aromatic carbocycles. The van der Waals surface area contributed by atoms with Gasteiger partial charge in [0.1, 0.15) is 12.4 Å². The van der Waals surface area contributed by atoms with E-state index >= 15 is 0 Å². The quantitative estimate of drug-likeness (QED) is 0.561. The molecule has 1 aliphatic carbocycles. The third kappa shape index (κ3) is 3.26. The molecule has 26 heavy (non-hydrogen) atoms. The van der Waals surface area contributed by atoms with Crippen molar-refractivity contribution in [1.82, 2.24) is 4.72 Å². The number of hydrogen-bond acceptors (Lipinski definition) is 4. The third-order valence-corrected chi connectivity index (χ3v) is 6.00. The topological polar surface area (TPSA) is 33.6 Å². The number of rotatable bonds is 6. The van der Waals surface area contributed by atoms with Crippen LogP contribution in [0, 0.1) is 0 Å². The zero-order chi connectivity index (χ0) is 18.0. The lowest BCUT2D eigenvalue weighted by Crippen LogP contribution is -2.44. The molecule has 5 heteroatoms. The van der Waals surface area contributed by atoms with Crippen molar-refractivity contribution in [2.45, 2.75) is 31.1 Å². The molecule has 136 valence electrons. The van der Waals surface area contributed by atoms with Crippen molar-refractivity contribution in [3.63, 3.8) is 0 Å². The standard InChI is InChI=1S/C21H23ClN2OS/c22-17-5-3-16(4-6-17)21(9-1-10-21)20-19-14-18(25-13-12-24-26)7-2-15(19)8-11-23-20/h2-7,14,24,26H,1,8-13H2. The molecule has 1 aliphatic heterocycles. The summed E-state index contributed by atoms with van der Waals surface area (Å²) in [6.07, 6.45) is 4.51. The average Bonchev–Trinajstić information content (AvgIpc) is 2.63. The SMILES string of the molecule is SNCCOc1ccc2c(c1)C(C1(c3ccc(Cl)cc3)CCC1)=NCC2. The lowest BCUT2D eigenvalue weighted by atomic mass is 9.59. The van der Waals surface area contributed by atoms with Gasteiger partial charge < -0.3 is 4.74 Å². The number of halogens is 1. The lowest BCUT2D eigenvalue weighted by molar-refractivity contribution is 0.324. The van der Waals surface area contributed by atoms with Gasteiger partial charge >= 0.3 is 0 Å². The Labute approximate surface area is 165 Å². The molecule has 4 rings (SSSR count). The highest BCUT2D eigenvalue weighted by atomic mass is 35.5. The summed E-state index contributed by atoms with van der Waals surface area (Å²) in [5.74, 6) is 0.896. The van der Waals surface area contributed by atoms with Crippen molar-refractivity contribution >= 4 is 30.1 Å².